The number of pyridine rings is 1. The van der Waals surface area contributed by atoms with Crippen LogP contribution in [0.2, 0.25) is 0 Å². The van der Waals surface area contributed by atoms with Crippen molar-refractivity contribution in [3.05, 3.63) is 63.7 Å². The standard InChI is InChI=1S/C16H13BrN4OS.BrH/c1-10-14(15(22)20-12-7-5-11(17)6-8-12)23-16(19-10)21-13-4-2-3-9-18-13;/h2-9H,1H3,(H,20,22)(H,18,19,21);1H. The molecule has 5 nitrogen and oxygen atoms in total. The predicted octanol–water partition coefficient (Wildman–Crippen LogP) is 5.18. The smallest absolute Gasteiger partial charge is 0.267 e. The quantitative estimate of drug-likeness (QED) is 0.552. The largest absolute Gasteiger partial charge is 0.321 e. The van der Waals surface area contributed by atoms with Crippen molar-refractivity contribution in [2.24, 2.45) is 0 Å². The Morgan fingerprint density at radius 1 is 1.17 bits per heavy atom. The number of aromatic nitrogens is 2. The van der Waals surface area contributed by atoms with Crippen molar-refractivity contribution in [3.8, 4) is 0 Å². The molecule has 2 heterocycles. The van der Waals surface area contributed by atoms with E-state index in [1.807, 2.05) is 49.4 Å². The van der Waals surface area contributed by atoms with Gasteiger partial charge in [-0.2, -0.15) is 0 Å². The van der Waals surface area contributed by atoms with Gasteiger partial charge in [0.15, 0.2) is 5.13 Å². The third-order valence-electron chi connectivity index (χ3n) is 3.00. The number of carbonyl (C=O) groups excluding carboxylic acids is 1. The number of amides is 1. The number of benzene rings is 1. The van der Waals surface area contributed by atoms with Gasteiger partial charge in [-0.1, -0.05) is 33.3 Å². The third-order valence-corrected chi connectivity index (χ3v) is 4.61. The molecule has 3 aromatic rings. The molecule has 0 unspecified atom stereocenters. The van der Waals surface area contributed by atoms with Crippen LogP contribution in [0.3, 0.4) is 0 Å². The van der Waals surface area contributed by atoms with Crippen molar-refractivity contribution in [1.82, 2.24) is 9.97 Å². The number of thiazole rings is 1. The highest BCUT2D eigenvalue weighted by atomic mass is 79.9. The summed E-state index contributed by atoms with van der Waals surface area (Å²) in [6.45, 7) is 1.82. The first-order chi connectivity index (χ1) is 11.1. The Morgan fingerprint density at radius 2 is 1.92 bits per heavy atom. The number of aryl methyl sites for hydroxylation is 1. The van der Waals surface area contributed by atoms with Gasteiger partial charge in [-0.25, -0.2) is 9.97 Å². The second-order valence-electron chi connectivity index (χ2n) is 4.73. The van der Waals surface area contributed by atoms with Gasteiger partial charge in [0.05, 0.1) is 5.69 Å². The summed E-state index contributed by atoms with van der Waals surface area (Å²) in [7, 11) is 0. The molecule has 2 aromatic heterocycles. The van der Waals surface area contributed by atoms with Crippen molar-refractivity contribution in [2.45, 2.75) is 6.92 Å². The first-order valence-corrected chi connectivity index (χ1v) is 8.45. The lowest BCUT2D eigenvalue weighted by atomic mass is 10.3. The van der Waals surface area contributed by atoms with Gasteiger partial charge in [-0.05, 0) is 43.3 Å². The van der Waals surface area contributed by atoms with Crippen molar-refractivity contribution < 1.29 is 4.79 Å². The molecule has 0 spiro atoms. The fourth-order valence-corrected chi connectivity index (χ4v) is 3.06. The molecule has 0 atom stereocenters. The molecule has 0 saturated heterocycles. The molecular formula is C16H14Br2N4OS. The van der Waals surface area contributed by atoms with Crippen LogP contribution in [0.5, 0.6) is 0 Å². The normalized spacial score (nSPS) is 9.92. The minimum Gasteiger partial charge on any atom is -0.321 e. The van der Waals surface area contributed by atoms with Crippen LogP contribution in [-0.4, -0.2) is 15.9 Å². The zero-order chi connectivity index (χ0) is 16.2. The number of hydrogen-bond donors (Lipinski definition) is 2. The fourth-order valence-electron chi connectivity index (χ4n) is 1.93. The lowest BCUT2D eigenvalue weighted by Gasteiger charge is -2.03. The Labute approximate surface area is 162 Å². The molecule has 124 valence electrons. The Balaban J connectivity index is 0.00000208. The number of halogens is 2. The van der Waals surface area contributed by atoms with E-state index >= 15 is 0 Å². The molecule has 2 N–H and O–H groups in total. The second kappa shape index (κ2) is 8.36. The molecule has 1 aromatic carbocycles. The van der Waals surface area contributed by atoms with Crippen LogP contribution < -0.4 is 10.6 Å². The third kappa shape index (κ3) is 4.62. The second-order valence-corrected chi connectivity index (χ2v) is 6.65. The van der Waals surface area contributed by atoms with E-state index in [0.717, 1.165) is 10.2 Å². The van der Waals surface area contributed by atoms with Crippen molar-refractivity contribution in [3.63, 3.8) is 0 Å². The monoisotopic (exact) mass is 468 g/mol. The fraction of sp³-hybridized carbons (Fsp3) is 0.0625. The van der Waals surface area contributed by atoms with Gasteiger partial charge in [0.1, 0.15) is 10.7 Å². The molecule has 8 heteroatoms. The van der Waals surface area contributed by atoms with Gasteiger partial charge in [0.2, 0.25) is 0 Å². The van der Waals surface area contributed by atoms with Crippen LogP contribution in [0.1, 0.15) is 15.4 Å². The number of rotatable bonds is 4. The molecule has 0 aliphatic heterocycles. The Hall–Kier alpha value is -1.77. The molecule has 0 aliphatic carbocycles. The molecule has 0 bridgehead atoms. The highest BCUT2D eigenvalue weighted by Crippen LogP contribution is 2.26. The summed E-state index contributed by atoms with van der Waals surface area (Å²) in [6, 6.07) is 13.0. The van der Waals surface area contributed by atoms with E-state index in [0.29, 0.717) is 21.5 Å². The summed E-state index contributed by atoms with van der Waals surface area (Å²) in [5.74, 6) is 0.525. The average Bonchev–Trinajstić information content (AvgIpc) is 2.91. The molecule has 24 heavy (non-hydrogen) atoms. The molecule has 0 saturated carbocycles. The summed E-state index contributed by atoms with van der Waals surface area (Å²) in [4.78, 5) is 21.5. The van der Waals surface area contributed by atoms with E-state index < -0.39 is 0 Å². The van der Waals surface area contributed by atoms with Crippen LogP contribution in [0.4, 0.5) is 16.6 Å². The maximum atomic E-state index is 12.4. The minimum absolute atomic E-state index is 0. The maximum Gasteiger partial charge on any atom is 0.267 e. The predicted molar refractivity (Wildman–Crippen MR) is 107 cm³/mol. The van der Waals surface area contributed by atoms with Gasteiger partial charge >= 0.3 is 0 Å². The van der Waals surface area contributed by atoms with Crippen LogP contribution >= 0.6 is 44.2 Å². The van der Waals surface area contributed by atoms with Gasteiger partial charge in [-0.15, -0.1) is 17.0 Å². The highest BCUT2D eigenvalue weighted by molar-refractivity contribution is 9.10. The highest BCUT2D eigenvalue weighted by Gasteiger charge is 2.15. The lowest BCUT2D eigenvalue weighted by molar-refractivity contribution is 0.103. The van der Waals surface area contributed by atoms with Gasteiger partial charge < -0.3 is 10.6 Å². The number of hydrogen-bond acceptors (Lipinski definition) is 5. The van der Waals surface area contributed by atoms with E-state index in [4.69, 9.17) is 0 Å². The zero-order valence-electron chi connectivity index (χ0n) is 12.6. The first kappa shape index (κ1) is 18.6. The summed E-state index contributed by atoms with van der Waals surface area (Å²) in [5.41, 5.74) is 1.42. The lowest BCUT2D eigenvalue weighted by Crippen LogP contribution is -2.11. The molecule has 0 radical (unpaired) electrons. The molecular weight excluding hydrogens is 456 g/mol. The number of carbonyl (C=O) groups is 1. The Bertz CT molecular complexity index is 822. The van der Waals surface area contributed by atoms with E-state index in [1.165, 1.54) is 11.3 Å². The van der Waals surface area contributed by atoms with E-state index in [9.17, 15) is 4.79 Å². The average molecular weight is 470 g/mol. The van der Waals surface area contributed by atoms with E-state index in [1.54, 1.807) is 6.20 Å². The van der Waals surface area contributed by atoms with Crippen LogP contribution in [-0.2, 0) is 0 Å². The van der Waals surface area contributed by atoms with Gasteiger partial charge in [0, 0.05) is 16.4 Å². The SMILES string of the molecule is Br.Cc1nc(Nc2ccccn2)sc1C(=O)Nc1ccc(Br)cc1. The van der Waals surface area contributed by atoms with Crippen LogP contribution in [0, 0.1) is 6.92 Å². The Kier molecular flexibility index (Phi) is 6.47. The molecule has 1 amide bonds. The zero-order valence-corrected chi connectivity index (χ0v) is 16.7. The van der Waals surface area contributed by atoms with Crippen LogP contribution in [0.15, 0.2) is 53.1 Å². The minimum atomic E-state index is -0.170. The topological polar surface area (TPSA) is 66.9 Å². The summed E-state index contributed by atoms with van der Waals surface area (Å²) in [5, 5.41) is 6.61. The van der Waals surface area contributed by atoms with Gasteiger partial charge in [0.25, 0.3) is 5.91 Å². The van der Waals surface area contributed by atoms with E-state index in [2.05, 4.69) is 36.5 Å². The van der Waals surface area contributed by atoms with Gasteiger partial charge in [-0.3, -0.25) is 4.79 Å². The van der Waals surface area contributed by atoms with Crippen LogP contribution in [0.25, 0.3) is 0 Å². The summed E-state index contributed by atoms with van der Waals surface area (Å²) >= 11 is 4.67. The summed E-state index contributed by atoms with van der Waals surface area (Å²) < 4.78 is 0.964. The van der Waals surface area contributed by atoms with Crippen molar-refractivity contribution in [1.29, 1.82) is 0 Å². The Morgan fingerprint density at radius 3 is 2.58 bits per heavy atom. The maximum absolute atomic E-state index is 12.4. The molecule has 0 aliphatic rings. The first-order valence-electron chi connectivity index (χ1n) is 6.84. The molecule has 0 fully saturated rings. The van der Waals surface area contributed by atoms with Crippen molar-refractivity contribution >= 4 is 66.8 Å². The number of nitrogens with one attached hydrogen (secondary N) is 2. The van der Waals surface area contributed by atoms with E-state index in [-0.39, 0.29) is 22.9 Å². The van der Waals surface area contributed by atoms with Crippen molar-refractivity contribution in [2.75, 3.05) is 10.6 Å². The molecule has 3 rings (SSSR count). The number of nitrogens with zero attached hydrogens (tertiary/aromatic N) is 2. The number of anilines is 3. The summed E-state index contributed by atoms with van der Waals surface area (Å²) in [6.07, 6.45) is 1.70.